The summed E-state index contributed by atoms with van der Waals surface area (Å²) in [7, 11) is -2.77. The first-order valence-corrected chi connectivity index (χ1v) is 13.9. The molecule has 0 aliphatic heterocycles. The number of halogens is 3. The number of hydrogen-bond acceptors (Lipinski definition) is 3. The Kier molecular flexibility index (Phi) is 4.93. The van der Waals surface area contributed by atoms with Gasteiger partial charge < -0.3 is 9.16 Å². The molecule has 3 nitrogen and oxygen atoms in total. The van der Waals surface area contributed by atoms with Gasteiger partial charge in [0, 0.05) is 5.56 Å². The van der Waals surface area contributed by atoms with Crippen LogP contribution in [0.5, 0.6) is 0 Å². The molecular formula is C22H29F3O3Si. The summed E-state index contributed by atoms with van der Waals surface area (Å²) in [6.07, 6.45) is 0.469. The summed E-state index contributed by atoms with van der Waals surface area (Å²) in [5, 5.41) is 0. The van der Waals surface area contributed by atoms with E-state index in [1.807, 2.05) is 0 Å². The van der Waals surface area contributed by atoms with Crippen LogP contribution < -0.4 is 0 Å². The minimum atomic E-state index is -4.92. The van der Waals surface area contributed by atoms with E-state index in [2.05, 4.69) is 0 Å². The summed E-state index contributed by atoms with van der Waals surface area (Å²) >= 11 is 0. The van der Waals surface area contributed by atoms with Gasteiger partial charge in [0.05, 0.1) is 0 Å². The van der Waals surface area contributed by atoms with Crippen LogP contribution in [-0.4, -0.2) is 26.1 Å². The molecule has 0 heterocycles. The van der Waals surface area contributed by atoms with Crippen molar-refractivity contribution in [1.29, 1.82) is 0 Å². The summed E-state index contributed by atoms with van der Waals surface area (Å²) in [6.45, 7) is 4.98. The van der Waals surface area contributed by atoms with Crippen LogP contribution in [0.2, 0.25) is 19.6 Å². The van der Waals surface area contributed by atoms with Crippen LogP contribution in [0.4, 0.5) is 13.2 Å². The van der Waals surface area contributed by atoms with Gasteiger partial charge in [0.2, 0.25) is 0 Å². The van der Waals surface area contributed by atoms with E-state index in [1.54, 1.807) is 25.7 Å². The number of hydrogen-bond donors (Lipinski definition) is 0. The average Bonchev–Trinajstić information content (AvgIpc) is 2.56. The van der Waals surface area contributed by atoms with Crippen molar-refractivity contribution in [3.63, 3.8) is 0 Å². The summed E-state index contributed by atoms with van der Waals surface area (Å²) in [5.74, 6) is 0.0949. The fraction of sp³-hybridized carbons (Fsp3) is 0.682. The van der Waals surface area contributed by atoms with E-state index in [-0.39, 0.29) is 5.56 Å². The molecule has 0 aromatic heterocycles. The first-order valence-electron chi connectivity index (χ1n) is 10.5. The van der Waals surface area contributed by atoms with Crippen molar-refractivity contribution in [1.82, 2.24) is 0 Å². The highest BCUT2D eigenvalue weighted by molar-refractivity contribution is 6.70. The van der Waals surface area contributed by atoms with Gasteiger partial charge in [0.25, 0.3) is 5.60 Å². The molecule has 0 N–H and O–H groups in total. The van der Waals surface area contributed by atoms with Crippen molar-refractivity contribution in [2.75, 3.05) is 0 Å². The zero-order valence-corrected chi connectivity index (χ0v) is 18.2. The molecule has 0 spiro atoms. The second-order valence-corrected chi connectivity index (χ2v) is 14.7. The van der Waals surface area contributed by atoms with E-state index in [0.717, 1.165) is 19.3 Å². The SMILES string of the molecule is C[Si](C)(C)O[C@@](C(=O)OC12CC3CC(CC(C3)C1)C2)(c1ccccc1)C(F)(F)F. The largest absolute Gasteiger partial charge is 0.456 e. The maximum atomic E-state index is 14.6. The van der Waals surface area contributed by atoms with Gasteiger partial charge in [-0.3, -0.25) is 0 Å². The van der Waals surface area contributed by atoms with Crippen molar-refractivity contribution in [2.45, 2.75) is 75.5 Å². The molecule has 4 aliphatic rings. The molecule has 1 aromatic carbocycles. The Morgan fingerprint density at radius 1 is 0.966 bits per heavy atom. The average molecular weight is 427 g/mol. The van der Waals surface area contributed by atoms with E-state index in [0.29, 0.717) is 37.0 Å². The maximum absolute atomic E-state index is 14.6. The first kappa shape index (κ1) is 20.9. The number of carbonyl (C=O) groups excluding carboxylic acids is 1. The normalized spacial score (nSPS) is 33.4. The minimum Gasteiger partial charge on any atom is -0.456 e. The van der Waals surface area contributed by atoms with Crippen LogP contribution >= 0.6 is 0 Å². The lowest BCUT2D eigenvalue weighted by molar-refractivity contribution is -0.273. The molecule has 7 heteroatoms. The fourth-order valence-corrected chi connectivity index (χ4v) is 7.35. The lowest BCUT2D eigenvalue weighted by Crippen LogP contribution is -2.60. The zero-order chi connectivity index (χ0) is 21.1. The minimum absolute atomic E-state index is 0.204. The van der Waals surface area contributed by atoms with E-state index in [1.165, 1.54) is 24.3 Å². The molecule has 4 aliphatic carbocycles. The molecular weight excluding hydrogens is 397 g/mol. The summed E-state index contributed by atoms with van der Waals surface area (Å²) < 4.78 is 55.4. The van der Waals surface area contributed by atoms with Crippen LogP contribution in [0.1, 0.15) is 44.1 Å². The molecule has 160 valence electrons. The van der Waals surface area contributed by atoms with Crippen molar-refractivity contribution in [3.05, 3.63) is 35.9 Å². The van der Waals surface area contributed by atoms with Crippen LogP contribution in [-0.2, 0) is 19.6 Å². The third-order valence-corrected chi connectivity index (χ3v) is 7.54. The Bertz CT molecular complexity index is 736. The third-order valence-electron chi connectivity index (χ3n) is 6.62. The van der Waals surface area contributed by atoms with E-state index >= 15 is 0 Å². The molecule has 1 atom stereocenters. The Morgan fingerprint density at radius 3 is 1.86 bits per heavy atom. The fourth-order valence-electron chi connectivity index (χ4n) is 6.11. The van der Waals surface area contributed by atoms with Gasteiger partial charge in [-0.05, 0) is 75.9 Å². The number of alkyl halides is 3. The number of ether oxygens (including phenoxy) is 1. The quantitative estimate of drug-likeness (QED) is 0.440. The van der Waals surface area contributed by atoms with Gasteiger partial charge >= 0.3 is 12.1 Å². The van der Waals surface area contributed by atoms with Crippen LogP contribution in [0.25, 0.3) is 0 Å². The second-order valence-electron chi connectivity index (χ2n) is 10.2. The molecule has 0 amide bonds. The highest BCUT2D eigenvalue weighted by atomic mass is 28.4. The Labute approximate surface area is 171 Å². The van der Waals surface area contributed by atoms with Crippen LogP contribution in [0.3, 0.4) is 0 Å². The summed E-state index contributed by atoms with van der Waals surface area (Å²) in [5.41, 5.74) is -4.05. The molecule has 0 radical (unpaired) electrons. The number of esters is 1. The zero-order valence-electron chi connectivity index (χ0n) is 17.2. The third kappa shape index (κ3) is 3.76. The predicted molar refractivity (Wildman–Crippen MR) is 106 cm³/mol. The highest BCUT2D eigenvalue weighted by Gasteiger charge is 2.67. The molecule has 5 rings (SSSR count). The molecule has 0 unspecified atom stereocenters. The molecule has 4 fully saturated rings. The van der Waals surface area contributed by atoms with E-state index in [4.69, 9.17) is 9.16 Å². The highest BCUT2D eigenvalue weighted by Crippen LogP contribution is 2.58. The monoisotopic (exact) mass is 426 g/mol. The Balaban J connectivity index is 1.74. The summed E-state index contributed by atoms with van der Waals surface area (Å²) in [6, 6.07) is 7.26. The smallest absolute Gasteiger partial charge is 0.431 e. The van der Waals surface area contributed by atoms with Crippen molar-refractivity contribution in [2.24, 2.45) is 17.8 Å². The number of carbonyl (C=O) groups is 1. The standard InChI is InChI=1S/C22H29F3O3Si/c1-29(2,3)28-21(22(23,24)25,18-7-5-4-6-8-18)19(26)27-20-12-15-9-16(13-20)11-17(10-15)14-20/h4-8,15-17H,9-14H2,1-3H3/t15?,16?,17?,20?,21-/m1/s1. The topological polar surface area (TPSA) is 35.5 Å². The van der Waals surface area contributed by atoms with E-state index in [9.17, 15) is 18.0 Å². The Morgan fingerprint density at radius 2 is 1.45 bits per heavy atom. The Hall–Kier alpha value is -1.34. The summed E-state index contributed by atoms with van der Waals surface area (Å²) in [4.78, 5) is 13.4. The van der Waals surface area contributed by atoms with Gasteiger partial charge in [-0.1, -0.05) is 30.3 Å². The lowest BCUT2D eigenvalue weighted by Gasteiger charge is -2.56. The van der Waals surface area contributed by atoms with Gasteiger partial charge in [-0.15, -0.1) is 0 Å². The number of rotatable bonds is 5. The number of benzene rings is 1. The molecule has 29 heavy (non-hydrogen) atoms. The molecule has 1 aromatic rings. The van der Waals surface area contributed by atoms with Gasteiger partial charge in [-0.2, -0.15) is 13.2 Å². The van der Waals surface area contributed by atoms with Crippen LogP contribution in [0.15, 0.2) is 30.3 Å². The first-order chi connectivity index (χ1) is 13.4. The molecule has 4 bridgehead atoms. The van der Waals surface area contributed by atoms with Gasteiger partial charge in [0.15, 0.2) is 8.32 Å². The lowest BCUT2D eigenvalue weighted by atomic mass is 9.54. The van der Waals surface area contributed by atoms with Crippen molar-refractivity contribution < 1.29 is 27.1 Å². The second kappa shape index (κ2) is 6.84. The predicted octanol–water partition coefficient (Wildman–Crippen LogP) is 5.81. The van der Waals surface area contributed by atoms with Crippen molar-refractivity contribution >= 4 is 14.3 Å². The van der Waals surface area contributed by atoms with Crippen molar-refractivity contribution in [3.8, 4) is 0 Å². The maximum Gasteiger partial charge on any atom is 0.431 e. The molecule has 4 saturated carbocycles. The van der Waals surface area contributed by atoms with Gasteiger partial charge in [-0.25, -0.2) is 4.79 Å². The van der Waals surface area contributed by atoms with E-state index < -0.39 is 31.7 Å². The van der Waals surface area contributed by atoms with Crippen LogP contribution in [0, 0.1) is 17.8 Å². The molecule has 0 saturated heterocycles. The van der Waals surface area contributed by atoms with Gasteiger partial charge in [0.1, 0.15) is 5.60 Å².